The van der Waals surface area contributed by atoms with Crippen LogP contribution in [0.1, 0.15) is 11.6 Å². The summed E-state index contributed by atoms with van der Waals surface area (Å²) in [5.74, 6) is 1.62. The van der Waals surface area contributed by atoms with Crippen LogP contribution in [0.3, 0.4) is 0 Å². The number of nitrogens with one attached hydrogen (secondary N) is 1. The average Bonchev–Trinajstić information content (AvgIpc) is 2.94. The van der Waals surface area contributed by atoms with Gasteiger partial charge in [-0.2, -0.15) is 5.26 Å². The quantitative estimate of drug-likeness (QED) is 0.368. The third-order valence-electron chi connectivity index (χ3n) is 2.77. The van der Waals surface area contributed by atoms with E-state index in [4.69, 9.17) is 19.7 Å². The fourth-order valence-corrected chi connectivity index (χ4v) is 1.86. The van der Waals surface area contributed by atoms with Gasteiger partial charge in [-0.1, -0.05) is 5.11 Å². The Labute approximate surface area is 115 Å². The Bertz CT molecular complexity index is 577. The lowest BCUT2D eigenvalue weighted by atomic mass is 10.1. The molecule has 0 radical (unpaired) electrons. The van der Waals surface area contributed by atoms with E-state index in [0.717, 1.165) is 0 Å². The summed E-state index contributed by atoms with van der Waals surface area (Å²) in [7, 11) is 1.53. The van der Waals surface area contributed by atoms with Gasteiger partial charge in [-0.25, -0.2) is 0 Å². The summed E-state index contributed by atoms with van der Waals surface area (Å²) in [6, 6.07) is 5.05. The molecule has 0 amide bonds. The highest BCUT2D eigenvalue weighted by atomic mass is 16.7. The first-order chi connectivity index (χ1) is 9.80. The van der Waals surface area contributed by atoms with E-state index in [9.17, 15) is 5.26 Å². The number of azide groups is 1. The third-order valence-corrected chi connectivity index (χ3v) is 2.77. The molecule has 1 aliphatic heterocycles. The van der Waals surface area contributed by atoms with E-state index in [1.54, 1.807) is 12.1 Å². The van der Waals surface area contributed by atoms with Gasteiger partial charge >= 0.3 is 0 Å². The maximum atomic E-state index is 9.22. The first kappa shape index (κ1) is 13.8. The lowest BCUT2D eigenvalue weighted by Crippen LogP contribution is -2.22. The van der Waals surface area contributed by atoms with Gasteiger partial charge in [0, 0.05) is 18.0 Å². The number of nitriles is 1. The monoisotopic (exact) mass is 275 g/mol. The van der Waals surface area contributed by atoms with Crippen LogP contribution >= 0.6 is 0 Å². The zero-order valence-electron chi connectivity index (χ0n) is 10.9. The first-order valence-electron chi connectivity index (χ1n) is 5.91. The molecule has 8 nitrogen and oxygen atoms in total. The highest BCUT2D eigenvalue weighted by molar-refractivity contribution is 5.56. The minimum absolute atomic E-state index is 0.136. The standard InChI is InChI=1S/C12H13N5O3/c1-18-10-4-8(5-11-12(10)20-7-19-11)9(6-13)15-2-3-16-17-14/h4-5,9,15H,2-3,7H2,1H3. The van der Waals surface area contributed by atoms with Crippen LogP contribution in [-0.2, 0) is 0 Å². The molecule has 1 unspecified atom stereocenters. The van der Waals surface area contributed by atoms with Crippen LogP contribution in [0.2, 0.25) is 0 Å². The molecule has 0 bridgehead atoms. The first-order valence-corrected chi connectivity index (χ1v) is 5.91. The minimum atomic E-state index is -0.549. The SMILES string of the molecule is COc1cc(C(C#N)NCCN=[N+]=[N-])cc2c1OCO2. The highest BCUT2D eigenvalue weighted by Gasteiger charge is 2.22. The number of benzene rings is 1. The van der Waals surface area contributed by atoms with Gasteiger partial charge in [-0.05, 0) is 23.2 Å². The third kappa shape index (κ3) is 2.85. The van der Waals surface area contributed by atoms with Gasteiger partial charge in [-0.15, -0.1) is 0 Å². The fourth-order valence-electron chi connectivity index (χ4n) is 1.86. The van der Waals surface area contributed by atoms with Crippen molar-refractivity contribution in [1.82, 2.24) is 5.32 Å². The maximum absolute atomic E-state index is 9.22. The minimum Gasteiger partial charge on any atom is -0.493 e. The van der Waals surface area contributed by atoms with E-state index in [2.05, 4.69) is 21.4 Å². The topological polar surface area (TPSA) is 112 Å². The van der Waals surface area contributed by atoms with E-state index in [1.807, 2.05) is 0 Å². The van der Waals surface area contributed by atoms with Gasteiger partial charge in [0.15, 0.2) is 11.5 Å². The van der Waals surface area contributed by atoms with Crippen LogP contribution in [-0.4, -0.2) is 27.0 Å². The Hall–Kier alpha value is -2.62. The maximum Gasteiger partial charge on any atom is 0.231 e. The van der Waals surface area contributed by atoms with Crippen LogP contribution in [0.25, 0.3) is 10.4 Å². The van der Waals surface area contributed by atoms with Crippen molar-refractivity contribution in [2.75, 3.05) is 27.0 Å². The molecule has 0 fully saturated rings. The zero-order valence-corrected chi connectivity index (χ0v) is 10.9. The van der Waals surface area contributed by atoms with Crippen LogP contribution in [0.15, 0.2) is 17.2 Å². The molecule has 1 heterocycles. The summed E-state index contributed by atoms with van der Waals surface area (Å²) in [5.41, 5.74) is 8.90. The number of rotatable bonds is 6. The van der Waals surface area contributed by atoms with E-state index < -0.39 is 6.04 Å². The average molecular weight is 275 g/mol. The normalized spacial score (nSPS) is 13.2. The Kier molecular flexibility index (Phi) is 4.50. The molecule has 0 aromatic heterocycles. The smallest absolute Gasteiger partial charge is 0.231 e. The Balaban J connectivity index is 2.18. The summed E-state index contributed by atoms with van der Waals surface area (Å²) in [5, 5.41) is 15.6. The summed E-state index contributed by atoms with van der Waals surface area (Å²) in [4.78, 5) is 2.65. The van der Waals surface area contributed by atoms with Crippen LogP contribution in [0, 0.1) is 11.3 Å². The summed E-state index contributed by atoms with van der Waals surface area (Å²) < 4.78 is 15.8. The molecule has 1 atom stereocenters. The van der Waals surface area contributed by atoms with Crippen molar-refractivity contribution in [1.29, 1.82) is 5.26 Å². The molecule has 104 valence electrons. The number of ether oxygens (including phenoxy) is 3. The molecular formula is C12H13N5O3. The van der Waals surface area contributed by atoms with Crippen molar-refractivity contribution in [2.24, 2.45) is 5.11 Å². The molecule has 0 saturated carbocycles. The van der Waals surface area contributed by atoms with Crippen molar-refractivity contribution in [3.63, 3.8) is 0 Å². The van der Waals surface area contributed by atoms with Crippen molar-refractivity contribution >= 4 is 0 Å². The summed E-state index contributed by atoms with van der Waals surface area (Å²) in [6.45, 7) is 0.812. The molecule has 20 heavy (non-hydrogen) atoms. The molecule has 0 aliphatic carbocycles. The Morgan fingerprint density at radius 2 is 2.45 bits per heavy atom. The van der Waals surface area contributed by atoms with Crippen LogP contribution in [0.5, 0.6) is 17.2 Å². The van der Waals surface area contributed by atoms with Gasteiger partial charge in [0.1, 0.15) is 6.04 Å². The van der Waals surface area contributed by atoms with Gasteiger partial charge in [0.05, 0.1) is 13.2 Å². The molecular weight excluding hydrogens is 262 g/mol. The summed E-state index contributed by atoms with van der Waals surface area (Å²) >= 11 is 0. The van der Waals surface area contributed by atoms with Gasteiger partial charge in [0.2, 0.25) is 12.5 Å². The van der Waals surface area contributed by atoms with Crippen LogP contribution < -0.4 is 19.5 Å². The second kappa shape index (κ2) is 6.52. The molecule has 1 N–H and O–H groups in total. The predicted octanol–water partition coefficient (Wildman–Crippen LogP) is 1.89. The largest absolute Gasteiger partial charge is 0.493 e. The number of hydrogen-bond acceptors (Lipinski definition) is 6. The number of methoxy groups -OCH3 is 1. The molecule has 1 aromatic rings. The number of fused-ring (bicyclic) bond motifs is 1. The fraction of sp³-hybridized carbons (Fsp3) is 0.417. The second-order valence-corrected chi connectivity index (χ2v) is 3.93. The molecule has 0 saturated heterocycles. The van der Waals surface area contributed by atoms with Crippen molar-refractivity contribution in [3.05, 3.63) is 28.1 Å². The number of hydrogen-bond donors (Lipinski definition) is 1. The Morgan fingerprint density at radius 1 is 1.60 bits per heavy atom. The van der Waals surface area contributed by atoms with E-state index >= 15 is 0 Å². The highest BCUT2D eigenvalue weighted by Crippen LogP contribution is 2.42. The molecule has 1 aromatic carbocycles. The lowest BCUT2D eigenvalue weighted by molar-refractivity contribution is 0.171. The van der Waals surface area contributed by atoms with E-state index in [0.29, 0.717) is 29.4 Å². The van der Waals surface area contributed by atoms with Gasteiger partial charge in [-0.3, -0.25) is 5.32 Å². The van der Waals surface area contributed by atoms with Crippen LogP contribution in [0.4, 0.5) is 0 Å². The molecule has 8 heteroatoms. The molecule has 1 aliphatic rings. The molecule has 2 rings (SSSR count). The van der Waals surface area contributed by atoms with Crippen molar-refractivity contribution in [2.45, 2.75) is 6.04 Å². The predicted molar refractivity (Wildman–Crippen MR) is 69.5 cm³/mol. The Morgan fingerprint density at radius 3 is 3.15 bits per heavy atom. The summed E-state index contributed by atoms with van der Waals surface area (Å²) in [6.07, 6.45) is 0. The zero-order chi connectivity index (χ0) is 14.4. The van der Waals surface area contributed by atoms with E-state index in [-0.39, 0.29) is 13.3 Å². The molecule has 0 spiro atoms. The van der Waals surface area contributed by atoms with Gasteiger partial charge < -0.3 is 14.2 Å². The van der Waals surface area contributed by atoms with E-state index in [1.165, 1.54) is 7.11 Å². The second-order valence-electron chi connectivity index (χ2n) is 3.93. The lowest BCUT2D eigenvalue weighted by Gasteiger charge is -2.13. The van der Waals surface area contributed by atoms with Crippen molar-refractivity contribution < 1.29 is 14.2 Å². The number of nitrogens with zero attached hydrogens (tertiary/aromatic N) is 4. The van der Waals surface area contributed by atoms with Crippen molar-refractivity contribution in [3.8, 4) is 23.3 Å². The van der Waals surface area contributed by atoms with Gasteiger partial charge in [0.25, 0.3) is 0 Å².